The maximum absolute atomic E-state index is 9.08. The first-order chi connectivity index (χ1) is 10.3. The Hall–Kier alpha value is -1.92. The Morgan fingerprint density at radius 1 is 1.10 bits per heavy atom. The molecule has 112 valence electrons. The zero-order chi connectivity index (χ0) is 14.7. The van der Waals surface area contributed by atoms with E-state index in [1.54, 1.807) is 0 Å². The van der Waals surface area contributed by atoms with Crippen LogP contribution in [0.1, 0.15) is 6.42 Å². The molecule has 6 heteroatoms. The van der Waals surface area contributed by atoms with Crippen LogP contribution in [0, 0.1) is 0 Å². The summed E-state index contributed by atoms with van der Waals surface area (Å²) in [5.74, 6) is 1.24. The second-order valence-electron chi connectivity index (χ2n) is 5.33. The number of anilines is 2. The molecule has 0 bridgehead atoms. The van der Waals surface area contributed by atoms with E-state index in [-0.39, 0.29) is 6.61 Å². The Bertz CT molecular complexity index is 618. The number of β-amino-alcohol motifs (C(OH)–C–C–N with tert-alkyl or cyclic N) is 1. The van der Waals surface area contributed by atoms with Gasteiger partial charge in [-0.1, -0.05) is 12.1 Å². The van der Waals surface area contributed by atoms with Gasteiger partial charge < -0.3 is 15.7 Å². The molecule has 1 aromatic carbocycles. The fourth-order valence-electron chi connectivity index (χ4n) is 2.87. The molecule has 21 heavy (non-hydrogen) atoms. The number of rotatable bonds is 3. The second kappa shape index (κ2) is 6.24. The number of para-hydroxylation sites is 1. The summed E-state index contributed by atoms with van der Waals surface area (Å²) in [4.78, 5) is 13.3. The van der Waals surface area contributed by atoms with E-state index in [4.69, 9.17) is 10.8 Å². The zero-order valence-electron chi connectivity index (χ0n) is 12.1. The van der Waals surface area contributed by atoms with Crippen molar-refractivity contribution in [2.45, 2.75) is 6.42 Å². The van der Waals surface area contributed by atoms with Crippen LogP contribution in [0.4, 0.5) is 11.8 Å². The largest absolute Gasteiger partial charge is 0.395 e. The van der Waals surface area contributed by atoms with E-state index in [2.05, 4.69) is 19.8 Å². The molecular formula is C15H21N5O. The number of benzene rings is 1. The van der Waals surface area contributed by atoms with E-state index >= 15 is 0 Å². The van der Waals surface area contributed by atoms with Crippen molar-refractivity contribution in [3.8, 4) is 0 Å². The normalized spacial score (nSPS) is 17.1. The summed E-state index contributed by atoms with van der Waals surface area (Å²) in [7, 11) is 0. The molecule has 6 nitrogen and oxygen atoms in total. The van der Waals surface area contributed by atoms with Gasteiger partial charge in [0, 0.05) is 31.6 Å². The number of aliphatic hydroxyl groups is 1. The highest BCUT2D eigenvalue weighted by molar-refractivity contribution is 5.90. The number of aromatic nitrogens is 2. The van der Waals surface area contributed by atoms with E-state index in [0.29, 0.717) is 5.95 Å². The SMILES string of the molecule is Nc1nc(N2CCCN(CCO)CC2)c2ccccc2n1. The number of fused-ring (bicyclic) bond motifs is 1. The molecular weight excluding hydrogens is 266 g/mol. The van der Waals surface area contributed by atoms with Gasteiger partial charge in [-0.15, -0.1) is 0 Å². The minimum atomic E-state index is 0.212. The predicted octanol–water partition coefficient (Wildman–Crippen LogP) is 0.716. The number of aliphatic hydroxyl groups excluding tert-OH is 1. The molecule has 0 aliphatic carbocycles. The van der Waals surface area contributed by atoms with E-state index in [1.807, 2.05) is 24.3 Å². The highest BCUT2D eigenvalue weighted by Crippen LogP contribution is 2.25. The lowest BCUT2D eigenvalue weighted by atomic mass is 10.2. The lowest BCUT2D eigenvalue weighted by Crippen LogP contribution is -2.33. The summed E-state index contributed by atoms with van der Waals surface area (Å²) in [5, 5.41) is 10.1. The third-order valence-corrected chi connectivity index (χ3v) is 3.90. The highest BCUT2D eigenvalue weighted by Gasteiger charge is 2.18. The predicted molar refractivity (Wildman–Crippen MR) is 84.3 cm³/mol. The van der Waals surface area contributed by atoms with Crippen molar-refractivity contribution in [1.29, 1.82) is 0 Å². The van der Waals surface area contributed by atoms with Crippen molar-refractivity contribution in [2.24, 2.45) is 0 Å². The summed E-state index contributed by atoms with van der Waals surface area (Å²) in [6.07, 6.45) is 1.05. The molecule has 3 N–H and O–H groups in total. The molecule has 2 heterocycles. The van der Waals surface area contributed by atoms with Gasteiger partial charge >= 0.3 is 0 Å². The molecule has 1 fully saturated rings. The van der Waals surface area contributed by atoms with Gasteiger partial charge in [0.2, 0.25) is 5.95 Å². The first-order valence-electron chi connectivity index (χ1n) is 7.38. The van der Waals surface area contributed by atoms with E-state index < -0.39 is 0 Å². The van der Waals surface area contributed by atoms with Gasteiger partial charge in [-0.05, 0) is 25.1 Å². The van der Waals surface area contributed by atoms with Crippen molar-refractivity contribution < 1.29 is 5.11 Å². The molecule has 0 spiro atoms. The molecule has 0 saturated carbocycles. The van der Waals surface area contributed by atoms with E-state index in [0.717, 1.165) is 55.9 Å². The molecule has 1 aromatic heterocycles. The van der Waals surface area contributed by atoms with Gasteiger partial charge in [-0.2, -0.15) is 4.98 Å². The molecule has 0 amide bonds. The van der Waals surface area contributed by atoms with Crippen LogP contribution in [-0.2, 0) is 0 Å². The number of nitrogens with zero attached hydrogens (tertiary/aromatic N) is 4. The molecule has 1 aliphatic heterocycles. The Labute approximate surface area is 124 Å². The van der Waals surface area contributed by atoms with E-state index in [9.17, 15) is 0 Å². The number of nitrogen functional groups attached to an aromatic ring is 1. The lowest BCUT2D eigenvalue weighted by molar-refractivity contribution is 0.204. The molecule has 3 rings (SSSR count). The molecule has 0 unspecified atom stereocenters. The standard InChI is InChI=1S/C15H21N5O/c16-15-17-13-5-2-1-4-12(13)14(18-15)20-7-3-6-19(8-9-20)10-11-21/h1-2,4-5,21H,3,6-11H2,(H2,16,17,18). The van der Waals surface area contributed by atoms with Gasteiger partial charge in [0.25, 0.3) is 0 Å². The first kappa shape index (κ1) is 14.0. The number of hydrogen-bond acceptors (Lipinski definition) is 6. The molecule has 0 atom stereocenters. The Morgan fingerprint density at radius 3 is 2.81 bits per heavy atom. The molecule has 1 aliphatic rings. The van der Waals surface area contributed by atoms with Crippen molar-refractivity contribution in [3.63, 3.8) is 0 Å². The minimum absolute atomic E-state index is 0.212. The average molecular weight is 287 g/mol. The molecule has 2 aromatic rings. The van der Waals surface area contributed by atoms with Crippen LogP contribution in [0.15, 0.2) is 24.3 Å². The summed E-state index contributed by atoms with van der Waals surface area (Å²) in [5.41, 5.74) is 6.74. The highest BCUT2D eigenvalue weighted by atomic mass is 16.3. The van der Waals surface area contributed by atoms with Crippen LogP contribution < -0.4 is 10.6 Å². The van der Waals surface area contributed by atoms with Gasteiger partial charge in [-0.25, -0.2) is 4.98 Å². The lowest BCUT2D eigenvalue weighted by Gasteiger charge is -2.23. The van der Waals surface area contributed by atoms with Gasteiger partial charge in [0.05, 0.1) is 12.1 Å². The average Bonchev–Trinajstić information content (AvgIpc) is 2.72. The van der Waals surface area contributed by atoms with E-state index in [1.165, 1.54) is 0 Å². The molecule has 1 saturated heterocycles. The topological polar surface area (TPSA) is 78.5 Å². The maximum Gasteiger partial charge on any atom is 0.222 e. The summed E-state index contributed by atoms with van der Waals surface area (Å²) < 4.78 is 0. The Balaban J connectivity index is 1.89. The van der Waals surface area contributed by atoms with Crippen molar-refractivity contribution in [3.05, 3.63) is 24.3 Å². The fraction of sp³-hybridized carbons (Fsp3) is 0.467. The number of hydrogen-bond donors (Lipinski definition) is 2. The maximum atomic E-state index is 9.08. The van der Waals surface area contributed by atoms with Gasteiger partial charge in [-0.3, -0.25) is 4.90 Å². The van der Waals surface area contributed by atoms with Crippen molar-refractivity contribution in [2.75, 3.05) is 50.0 Å². The Morgan fingerprint density at radius 2 is 1.95 bits per heavy atom. The van der Waals surface area contributed by atoms with Crippen LogP contribution in [0.3, 0.4) is 0 Å². The van der Waals surface area contributed by atoms with Crippen LogP contribution >= 0.6 is 0 Å². The fourth-order valence-corrected chi connectivity index (χ4v) is 2.87. The second-order valence-corrected chi connectivity index (χ2v) is 5.33. The zero-order valence-corrected chi connectivity index (χ0v) is 12.1. The Kier molecular flexibility index (Phi) is 4.17. The monoisotopic (exact) mass is 287 g/mol. The quantitative estimate of drug-likeness (QED) is 0.866. The van der Waals surface area contributed by atoms with Crippen LogP contribution in [-0.4, -0.2) is 59.3 Å². The van der Waals surface area contributed by atoms with Crippen molar-refractivity contribution >= 4 is 22.7 Å². The van der Waals surface area contributed by atoms with Crippen LogP contribution in [0.25, 0.3) is 10.9 Å². The van der Waals surface area contributed by atoms with Crippen LogP contribution in [0.5, 0.6) is 0 Å². The number of nitrogens with two attached hydrogens (primary N) is 1. The first-order valence-corrected chi connectivity index (χ1v) is 7.38. The summed E-state index contributed by atoms with van der Waals surface area (Å²) in [6, 6.07) is 7.97. The van der Waals surface area contributed by atoms with Crippen LogP contribution in [0.2, 0.25) is 0 Å². The third kappa shape index (κ3) is 3.06. The smallest absolute Gasteiger partial charge is 0.222 e. The van der Waals surface area contributed by atoms with Gasteiger partial charge in [0.1, 0.15) is 5.82 Å². The van der Waals surface area contributed by atoms with Crippen molar-refractivity contribution in [1.82, 2.24) is 14.9 Å². The summed E-state index contributed by atoms with van der Waals surface area (Å²) >= 11 is 0. The minimum Gasteiger partial charge on any atom is -0.395 e. The summed E-state index contributed by atoms with van der Waals surface area (Å²) in [6.45, 7) is 4.72. The molecule has 0 radical (unpaired) electrons. The third-order valence-electron chi connectivity index (χ3n) is 3.90. The van der Waals surface area contributed by atoms with Gasteiger partial charge in [0.15, 0.2) is 0 Å².